The summed E-state index contributed by atoms with van der Waals surface area (Å²) in [6, 6.07) is 12.8. The van der Waals surface area contributed by atoms with Crippen molar-refractivity contribution in [3.05, 3.63) is 59.2 Å². The minimum absolute atomic E-state index is 0.198. The highest BCUT2D eigenvalue weighted by molar-refractivity contribution is 8.01. The number of carbonyl (C=O) groups excluding carboxylic acids is 1. The summed E-state index contributed by atoms with van der Waals surface area (Å²) in [7, 11) is 0. The number of benzene rings is 1. The van der Waals surface area contributed by atoms with Gasteiger partial charge in [-0.15, -0.1) is 10.2 Å². The molecule has 126 valence electrons. The molecule has 0 saturated carbocycles. The lowest BCUT2D eigenvalue weighted by molar-refractivity contribution is -0.118. The van der Waals surface area contributed by atoms with Crippen molar-refractivity contribution in [1.82, 2.24) is 20.6 Å². The van der Waals surface area contributed by atoms with Crippen LogP contribution >= 0.6 is 34.7 Å². The van der Waals surface area contributed by atoms with Crippen LogP contribution in [0.4, 0.5) is 0 Å². The van der Waals surface area contributed by atoms with Gasteiger partial charge in [-0.05, 0) is 29.8 Å². The van der Waals surface area contributed by atoms with Gasteiger partial charge in [-0.3, -0.25) is 9.78 Å². The van der Waals surface area contributed by atoms with Gasteiger partial charge in [0.2, 0.25) is 0 Å². The quantitative estimate of drug-likeness (QED) is 0.396. The molecule has 0 atom stereocenters. The molecule has 0 saturated heterocycles. The third kappa shape index (κ3) is 5.35. The van der Waals surface area contributed by atoms with E-state index in [1.165, 1.54) is 23.1 Å². The second-order valence-electron chi connectivity index (χ2n) is 4.72. The summed E-state index contributed by atoms with van der Waals surface area (Å²) in [6.45, 7) is 0. The highest BCUT2D eigenvalue weighted by Crippen LogP contribution is 2.27. The number of hydrazone groups is 1. The molecule has 6 nitrogen and oxygen atoms in total. The third-order valence-corrected chi connectivity index (χ3v) is 5.18. The van der Waals surface area contributed by atoms with E-state index < -0.39 is 0 Å². The summed E-state index contributed by atoms with van der Waals surface area (Å²) >= 11 is 8.58. The zero-order valence-electron chi connectivity index (χ0n) is 12.8. The fourth-order valence-corrected chi connectivity index (χ4v) is 3.61. The number of nitrogens with zero attached hydrogens (tertiary/aromatic N) is 4. The molecular formula is C16H12ClN5OS2. The van der Waals surface area contributed by atoms with E-state index in [-0.39, 0.29) is 11.7 Å². The van der Waals surface area contributed by atoms with Crippen LogP contribution in [-0.4, -0.2) is 33.1 Å². The number of nitrogens with one attached hydrogen (secondary N) is 1. The number of carbonyl (C=O) groups is 1. The maximum absolute atomic E-state index is 11.8. The van der Waals surface area contributed by atoms with Crippen LogP contribution in [0.5, 0.6) is 0 Å². The Kier molecular flexibility index (Phi) is 6.10. The summed E-state index contributed by atoms with van der Waals surface area (Å²) in [4.78, 5) is 16.0. The zero-order valence-corrected chi connectivity index (χ0v) is 15.2. The van der Waals surface area contributed by atoms with E-state index in [4.69, 9.17) is 11.6 Å². The smallest absolute Gasteiger partial charge is 0.250 e. The molecular weight excluding hydrogens is 378 g/mol. The van der Waals surface area contributed by atoms with Crippen molar-refractivity contribution in [3.8, 4) is 10.7 Å². The summed E-state index contributed by atoms with van der Waals surface area (Å²) in [6.07, 6.45) is 3.24. The van der Waals surface area contributed by atoms with Crippen molar-refractivity contribution in [3.63, 3.8) is 0 Å². The van der Waals surface area contributed by atoms with Gasteiger partial charge in [0, 0.05) is 11.2 Å². The van der Waals surface area contributed by atoms with Gasteiger partial charge in [-0.1, -0.05) is 52.9 Å². The Balaban J connectivity index is 1.49. The summed E-state index contributed by atoms with van der Waals surface area (Å²) in [5, 5.41) is 13.4. The molecule has 1 N–H and O–H groups in total. The van der Waals surface area contributed by atoms with E-state index in [1.54, 1.807) is 24.5 Å². The molecule has 1 amide bonds. The van der Waals surface area contributed by atoms with Crippen LogP contribution in [0, 0.1) is 0 Å². The molecule has 3 rings (SSSR count). The molecule has 0 fully saturated rings. The molecule has 25 heavy (non-hydrogen) atoms. The molecule has 3 aromatic rings. The van der Waals surface area contributed by atoms with Crippen LogP contribution in [0.15, 0.2) is 58.1 Å². The van der Waals surface area contributed by atoms with Gasteiger partial charge in [0.1, 0.15) is 5.69 Å². The van der Waals surface area contributed by atoms with Crippen LogP contribution in [0.2, 0.25) is 5.02 Å². The van der Waals surface area contributed by atoms with Crippen LogP contribution < -0.4 is 5.43 Å². The maximum atomic E-state index is 11.8. The highest BCUT2D eigenvalue weighted by Gasteiger charge is 2.09. The van der Waals surface area contributed by atoms with Gasteiger partial charge in [0.15, 0.2) is 9.35 Å². The minimum Gasteiger partial charge on any atom is -0.272 e. The van der Waals surface area contributed by atoms with E-state index in [9.17, 15) is 4.79 Å². The molecule has 0 aliphatic rings. The Morgan fingerprint density at radius 3 is 3.00 bits per heavy atom. The number of rotatable bonds is 6. The lowest BCUT2D eigenvalue weighted by Gasteiger charge is -1.97. The number of thioether (sulfide) groups is 1. The van der Waals surface area contributed by atoms with Gasteiger partial charge in [-0.25, -0.2) is 5.43 Å². The molecule has 9 heteroatoms. The minimum atomic E-state index is -0.224. The normalized spacial score (nSPS) is 10.9. The van der Waals surface area contributed by atoms with Crippen LogP contribution in [0.3, 0.4) is 0 Å². The van der Waals surface area contributed by atoms with Crippen LogP contribution in [0.1, 0.15) is 5.56 Å². The Labute approximate surface area is 157 Å². The van der Waals surface area contributed by atoms with Gasteiger partial charge in [-0.2, -0.15) is 5.10 Å². The second-order valence-corrected chi connectivity index (χ2v) is 7.36. The van der Waals surface area contributed by atoms with Crippen molar-refractivity contribution >= 4 is 46.8 Å². The first-order chi connectivity index (χ1) is 12.2. The van der Waals surface area contributed by atoms with E-state index in [2.05, 4.69) is 25.7 Å². The highest BCUT2D eigenvalue weighted by atomic mass is 35.5. The molecule has 0 spiro atoms. The van der Waals surface area contributed by atoms with E-state index >= 15 is 0 Å². The molecule has 2 heterocycles. The van der Waals surface area contributed by atoms with Crippen molar-refractivity contribution in [2.75, 3.05) is 5.75 Å². The first kappa shape index (κ1) is 17.5. The first-order valence-corrected chi connectivity index (χ1v) is 9.34. The summed E-state index contributed by atoms with van der Waals surface area (Å²) in [5.74, 6) is -0.0260. The second kappa shape index (κ2) is 8.70. The Morgan fingerprint density at radius 1 is 1.28 bits per heavy atom. The molecule has 0 radical (unpaired) electrons. The van der Waals surface area contributed by atoms with E-state index in [0.29, 0.717) is 9.36 Å². The molecule has 2 aromatic heterocycles. The van der Waals surface area contributed by atoms with Crippen LogP contribution in [-0.2, 0) is 4.79 Å². The van der Waals surface area contributed by atoms with Gasteiger partial charge in [0.05, 0.1) is 12.0 Å². The maximum Gasteiger partial charge on any atom is 0.250 e. The van der Waals surface area contributed by atoms with Crippen molar-refractivity contribution in [1.29, 1.82) is 0 Å². The monoisotopic (exact) mass is 389 g/mol. The number of aromatic nitrogens is 3. The topological polar surface area (TPSA) is 80.1 Å². The average Bonchev–Trinajstić information content (AvgIpc) is 3.10. The lowest BCUT2D eigenvalue weighted by Crippen LogP contribution is -2.19. The van der Waals surface area contributed by atoms with E-state index in [1.807, 2.05) is 30.3 Å². The van der Waals surface area contributed by atoms with Crippen molar-refractivity contribution in [2.24, 2.45) is 5.10 Å². The predicted octanol–water partition coefficient (Wildman–Crippen LogP) is 3.50. The summed E-state index contributed by atoms with van der Waals surface area (Å²) in [5.41, 5.74) is 4.05. The number of hydrogen-bond donors (Lipinski definition) is 1. The van der Waals surface area contributed by atoms with Gasteiger partial charge >= 0.3 is 0 Å². The fourth-order valence-electron chi connectivity index (χ4n) is 1.79. The Hall–Kier alpha value is -2.29. The molecule has 0 unspecified atom stereocenters. The average molecular weight is 390 g/mol. The fraction of sp³-hybridized carbons (Fsp3) is 0.0625. The van der Waals surface area contributed by atoms with Gasteiger partial charge < -0.3 is 0 Å². The van der Waals surface area contributed by atoms with Crippen LogP contribution in [0.25, 0.3) is 10.7 Å². The van der Waals surface area contributed by atoms with Crippen molar-refractivity contribution in [2.45, 2.75) is 4.34 Å². The van der Waals surface area contributed by atoms with Crippen molar-refractivity contribution < 1.29 is 4.79 Å². The third-order valence-electron chi connectivity index (χ3n) is 2.87. The standard InChI is InChI=1S/C16H12ClN5OS2/c17-12-5-3-4-11(8-12)9-19-20-14(23)10-24-16-22-21-15(25-16)13-6-1-2-7-18-13/h1-9H,10H2,(H,20,23)/b19-9+. The molecule has 0 bridgehead atoms. The summed E-state index contributed by atoms with van der Waals surface area (Å²) < 4.78 is 0.703. The zero-order chi connectivity index (χ0) is 17.5. The first-order valence-electron chi connectivity index (χ1n) is 7.16. The molecule has 0 aliphatic carbocycles. The largest absolute Gasteiger partial charge is 0.272 e. The van der Waals surface area contributed by atoms with Gasteiger partial charge in [0.25, 0.3) is 5.91 Å². The Bertz CT molecular complexity index is 885. The Morgan fingerprint density at radius 2 is 2.20 bits per heavy atom. The molecule has 0 aliphatic heterocycles. The number of amides is 1. The number of halogens is 1. The number of hydrogen-bond acceptors (Lipinski definition) is 7. The van der Waals surface area contributed by atoms with E-state index in [0.717, 1.165) is 16.3 Å². The SMILES string of the molecule is O=C(CSc1nnc(-c2ccccn2)s1)N/N=C/c1cccc(Cl)c1. The molecule has 1 aromatic carbocycles. The number of pyridine rings is 1. The lowest BCUT2D eigenvalue weighted by atomic mass is 10.2. The predicted molar refractivity (Wildman–Crippen MR) is 101 cm³/mol.